The number of pyridine rings is 1. The van der Waals surface area contributed by atoms with Gasteiger partial charge in [-0.3, -0.25) is 4.79 Å². The molecule has 1 aromatic heterocycles. The molecule has 3 heterocycles. The molecule has 4 rings (SSSR count). The molecule has 2 aliphatic rings. The molecule has 0 radical (unpaired) electrons. The number of aryl methyl sites for hydroxylation is 1. The average molecular weight is 576 g/mol. The van der Waals surface area contributed by atoms with Gasteiger partial charge in [-0.1, -0.05) is 25.3 Å². The number of nitrogens with zero attached hydrogens (tertiary/aromatic N) is 5. The first-order chi connectivity index (χ1) is 19.5. The molecule has 0 bridgehead atoms. The van der Waals surface area contributed by atoms with Crippen LogP contribution >= 0.6 is 0 Å². The van der Waals surface area contributed by atoms with E-state index in [1.807, 2.05) is 37.0 Å². The monoisotopic (exact) mass is 575 g/mol. The fourth-order valence-corrected chi connectivity index (χ4v) is 6.17. The highest BCUT2D eigenvalue weighted by molar-refractivity contribution is 7.89. The Kier molecular flexibility index (Phi) is 9.15. The Labute approximate surface area is 242 Å². The van der Waals surface area contributed by atoms with E-state index >= 15 is 0 Å². The number of anilines is 2. The summed E-state index contributed by atoms with van der Waals surface area (Å²) in [5.74, 6) is 0.261. The summed E-state index contributed by atoms with van der Waals surface area (Å²) in [7, 11) is -3.92. The zero-order chi connectivity index (χ0) is 29.7. The third-order valence-electron chi connectivity index (χ3n) is 7.73. The van der Waals surface area contributed by atoms with Crippen LogP contribution in [0.1, 0.15) is 34.3 Å². The van der Waals surface area contributed by atoms with E-state index in [1.165, 1.54) is 12.3 Å². The molecule has 0 spiro atoms. The van der Waals surface area contributed by atoms with E-state index in [0.717, 1.165) is 48.4 Å². The number of carbonyl (C=O) groups excluding carboxylic acids is 1. The molecular weight excluding hydrogens is 538 g/mol. The second-order valence-corrected chi connectivity index (χ2v) is 11.9. The summed E-state index contributed by atoms with van der Waals surface area (Å²) in [6.45, 7) is 15.0. The van der Waals surface area contributed by atoms with Crippen LogP contribution in [0.4, 0.5) is 11.5 Å². The minimum Gasteiger partial charge on any atom is -0.382 e. The second kappa shape index (κ2) is 12.6. The summed E-state index contributed by atoms with van der Waals surface area (Å²) in [5, 5.41) is 18.4. The summed E-state index contributed by atoms with van der Waals surface area (Å²) in [6, 6.07) is 9.21. The lowest BCUT2D eigenvalue weighted by Crippen LogP contribution is -2.49. The maximum absolute atomic E-state index is 13.6. The van der Waals surface area contributed by atoms with E-state index < -0.39 is 10.0 Å². The molecule has 2 saturated heterocycles. The molecule has 2 aliphatic heterocycles. The summed E-state index contributed by atoms with van der Waals surface area (Å²) in [4.78, 5) is 23.7. The molecule has 0 unspecified atom stereocenters. The number of benzene rings is 1. The Morgan fingerprint density at radius 1 is 1.12 bits per heavy atom. The van der Waals surface area contributed by atoms with E-state index in [0.29, 0.717) is 43.1 Å². The molecule has 216 valence electrons. The number of sulfonamides is 1. The number of hydrogen-bond acceptors (Lipinski definition) is 8. The van der Waals surface area contributed by atoms with Crippen LogP contribution in [0.5, 0.6) is 0 Å². The molecule has 11 heteroatoms. The molecule has 1 aromatic carbocycles. The third kappa shape index (κ3) is 6.61. The number of allylic oxidation sites excluding steroid dienone is 3. The van der Waals surface area contributed by atoms with Crippen LogP contribution in [0.15, 0.2) is 71.9 Å². The highest BCUT2D eigenvalue weighted by Crippen LogP contribution is 2.29. The van der Waals surface area contributed by atoms with Gasteiger partial charge in [0, 0.05) is 62.8 Å². The predicted octanol–water partition coefficient (Wildman–Crippen LogP) is 3.33. The zero-order valence-electron chi connectivity index (χ0n) is 23.6. The summed E-state index contributed by atoms with van der Waals surface area (Å²) in [6.07, 6.45) is 6.80. The molecule has 0 atom stereocenters. The van der Waals surface area contributed by atoms with Crippen molar-refractivity contribution < 1.29 is 13.2 Å². The Morgan fingerprint density at radius 2 is 1.80 bits per heavy atom. The number of likely N-dealkylation sites (tertiary alicyclic amines) is 1. The lowest BCUT2D eigenvalue weighted by molar-refractivity contribution is 0.0745. The van der Waals surface area contributed by atoms with Crippen LogP contribution in [0.3, 0.4) is 0 Å². The molecule has 0 saturated carbocycles. The number of rotatable bonds is 8. The van der Waals surface area contributed by atoms with Gasteiger partial charge in [0.15, 0.2) is 0 Å². The lowest BCUT2D eigenvalue weighted by Gasteiger charge is -2.37. The Balaban J connectivity index is 1.42. The van der Waals surface area contributed by atoms with Crippen LogP contribution < -0.4 is 15.4 Å². The first-order valence-electron chi connectivity index (χ1n) is 13.6. The van der Waals surface area contributed by atoms with Gasteiger partial charge in [-0.05, 0) is 62.1 Å². The second-order valence-electron chi connectivity index (χ2n) is 10.4. The Morgan fingerprint density at radius 3 is 2.41 bits per heavy atom. The molecule has 2 fully saturated rings. The third-order valence-corrected chi connectivity index (χ3v) is 8.66. The van der Waals surface area contributed by atoms with Gasteiger partial charge in [0.2, 0.25) is 10.0 Å². The van der Waals surface area contributed by atoms with Crippen molar-refractivity contribution in [1.29, 1.82) is 5.26 Å². The van der Waals surface area contributed by atoms with Crippen molar-refractivity contribution in [2.75, 3.05) is 49.5 Å². The van der Waals surface area contributed by atoms with Crippen molar-refractivity contribution in [3.8, 4) is 6.07 Å². The van der Waals surface area contributed by atoms with E-state index in [-0.39, 0.29) is 16.8 Å². The number of primary sulfonamides is 1. The van der Waals surface area contributed by atoms with E-state index in [1.54, 1.807) is 17.0 Å². The number of aromatic nitrogens is 1. The SMILES string of the molecule is C=C/C=C(\C(=C)C#N)N1CCC(Nc2c(C)ccc(C(=O)N3CCN(c4ncccc4S(N)(=O)=O)CC3)c2C)CC1. The van der Waals surface area contributed by atoms with Gasteiger partial charge in [-0.15, -0.1) is 0 Å². The maximum atomic E-state index is 13.6. The molecule has 10 nitrogen and oxygen atoms in total. The van der Waals surface area contributed by atoms with Crippen molar-refractivity contribution in [3.05, 3.63) is 83.7 Å². The minimum atomic E-state index is -3.92. The van der Waals surface area contributed by atoms with Gasteiger partial charge in [-0.2, -0.15) is 5.26 Å². The fourth-order valence-electron chi connectivity index (χ4n) is 5.47. The summed E-state index contributed by atoms with van der Waals surface area (Å²) in [5.41, 5.74) is 4.84. The summed E-state index contributed by atoms with van der Waals surface area (Å²) < 4.78 is 24.0. The number of nitriles is 1. The normalized spacial score (nSPS) is 16.7. The molecule has 2 aromatic rings. The number of carbonyl (C=O) groups is 1. The molecular formula is C30H37N7O3S. The van der Waals surface area contributed by atoms with Crippen LogP contribution in [0, 0.1) is 25.2 Å². The van der Waals surface area contributed by atoms with Gasteiger partial charge in [0.25, 0.3) is 5.91 Å². The quantitative estimate of drug-likeness (QED) is 0.361. The fraction of sp³-hybridized carbons (Fsp3) is 0.367. The van der Waals surface area contributed by atoms with E-state index in [2.05, 4.69) is 34.4 Å². The molecule has 1 amide bonds. The topological polar surface area (TPSA) is 136 Å². The van der Waals surface area contributed by atoms with Gasteiger partial charge >= 0.3 is 0 Å². The molecule has 0 aliphatic carbocycles. The number of amides is 1. The zero-order valence-corrected chi connectivity index (χ0v) is 24.5. The highest BCUT2D eigenvalue weighted by atomic mass is 32.2. The molecule has 41 heavy (non-hydrogen) atoms. The number of hydrogen-bond donors (Lipinski definition) is 2. The number of nitrogens with two attached hydrogens (primary N) is 1. The van der Waals surface area contributed by atoms with Crippen molar-refractivity contribution >= 4 is 27.4 Å². The highest BCUT2D eigenvalue weighted by Gasteiger charge is 2.28. The average Bonchev–Trinajstić information content (AvgIpc) is 2.97. The number of nitrogens with one attached hydrogen (secondary N) is 1. The van der Waals surface area contributed by atoms with E-state index in [4.69, 9.17) is 5.14 Å². The van der Waals surface area contributed by atoms with Crippen LogP contribution in [-0.4, -0.2) is 74.4 Å². The Bertz CT molecular complexity index is 1510. The number of piperidine rings is 1. The lowest BCUT2D eigenvalue weighted by atomic mass is 9.98. The summed E-state index contributed by atoms with van der Waals surface area (Å²) >= 11 is 0. The van der Waals surface area contributed by atoms with Gasteiger partial charge in [0.05, 0.1) is 11.3 Å². The first kappa shape index (κ1) is 29.8. The standard InChI is InChI=1S/C30H37N7O3S/c1-5-7-26(22(3)20-31)35-14-11-24(12-15-35)34-28-21(2)9-10-25(23(28)4)30(38)37-18-16-36(17-19-37)29-27(41(32,39)40)8-6-13-33-29/h5-10,13,24,34H,1,3,11-12,14-19H2,2,4H3,(H2,32,39,40)/b26-7+. The number of piperazine rings is 1. The van der Waals surface area contributed by atoms with Gasteiger partial charge in [-0.25, -0.2) is 18.5 Å². The largest absolute Gasteiger partial charge is 0.382 e. The maximum Gasteiger partial charge on any atom is 0.254 e. The Hall–Kier alpha value is -4.14. The van der Waals surface area contributed by atoms with E-state index in [9.17, 15) is 18.5 Å². The van der Waals surface area contributed by atoms with Gasteiger partial charge < -0.3 is 20.0 Å². The molecule has 3 N–H and O–H groups in total. The van der Waals surface area contributed by atoms with Crippen LogP contribution in [0.25, 0.3) is 0 Å². The van der Waals surface area contributed by atoms with Crippen LogP contribution in [-0.2, 0) is 10.0 Å². The van der Waals surface area contributed by atoms with Crippen LogP contribution in [0.2, 0.25) is 0 Å². The smallest absolute Gasteiger partial charge is 0.254 e. The first-order valence-corrected chi connectivity index (χ1v) is 15.2. The van der Waals surface area contributed by atoms with Crippen molar-refractivity contribution in [3.63, 3.8) is 0 Å². The predicted molar refractivity (Wildman–Crippen MR) is 161 cm³/mol. The van der Waals surface area contributed by atoms with Crippen molar-refractivity contribution in [2.45, 2.75) is 37.6 Å². The van der Waals surface area contributed by atoms with Crippen molar-refractivity contribution in [2.24, 2.45) is 5.14 Å². The van der Waals surface area contributed by atoms with Gasteiger partial charge in [0.1, 0.15) is 16.8 Å². The minimum absolute atomic E-state index is 0.0151. The van der Waals surface area contributed by atoms with Crippen molar-refractivity contribution in [1.82, 2.24) is 14.8 Å².